The Morgan fingerprint density at radius 3 is 2.77 bits per heavy atom. The van der Waals surface area contributed by atoms with E-state index in [1.807, 2.05) is 6.07 Å². The minimum absolute atomic E-state index is 0.311. The number of hydrogen-bond donors (Lipinski definition) is 1. The van der Waals surface area contributed by atoms with Crippen LogP contribution in [-0.2, 0) is 16.0 Å². The molecule has 4 heteroatoms. The van der Waals surface area contributed by atoms with Gasteiger partial charge >= 0.3 is 5.97 Å². The minimum Gasteiger partial charge on any atom is -0.461 e. The Labute approximate surface area is 129 Å². The molecule has 0 aromatic heterocycles. The largest absolute Gasteiger partial charge is 0.461 e. The number of benzene rings is 2. The van der Waals surface area contributed by atoms with E-state index >= 15 is 0 Å². The van der Waals surface area contributed by atoms with Gasteiger partial charge in [-0.2, -0.15) is 5.10 Å². The Bertz CT molecular complexity index is 751. The summed E-state index contributed by atoms with van der Waals surface area (Å²) in [4.78, 5) is 11.5. The van der Waals surface area contributed by atoms with Crippen LogP contribution in [0.25, 0.3) is 11.1 Å². The zero-order valence-electron chi connectivity index (χ0n) is 12.7. The normalized spacial score (nSPS) is 12.5. The zero-order chi connectivity index (χ0) is 15.5. The van der Waals surface area contributed by atoms with Gasteiger partial charge < -0.3 is 4.74 Å². The number of carbonyl (C=O) groups is 1. The highest BCUT2D eigenvalue weighted by Crippen LogP contribution is 2.37. The van der Waals surface area contributed by atoms with Crippen LogP contribution in [0, 0.1) is 0 Å². The second kappa shape index (κ2) is 6.02. The second-order valence-electron chi connectivity index (χ2n) is 5.24. The van der Waals surface area contributed by atoms with Crippen molar-refractivity contribution in [3.63, 3.8) is 0 Å². The van der Waals surface area contributed by atoms with Crippen molar-refractivity contribution in [3.8, 4) is 11.1 Å². The van der Waals surface area contributed by atoms with Crippen molar-refractivity contribution in [2.45, 2.75) is 20.3 Å². The molecule has 0 aliphatic heterocycles. The molecule has 0 atom stereocenters. The van der Waals surface area contributed by atoms with Crippen LogP contribution in [0.1, 0.15) is 25.0 Å². The molecule has 4 nitrogen and oxygen atoms in total. The van der Waals surface area contributed by atoms with Crippen molar-refractivity contribution < 1.29 is 9.53 Å². The Balaban J connectivity index is 1.78. The molecule has 0 unspecified atom stereocenters. The van der Waals surface area contributed by atoms with Gasteiger partial charge in [-0.05, 0) is 54.7 Å². The molecule has 0 amide bonds. The quantitative estimate of drug-likeness (QED) is 0.454. The number of ether oxygens (including phenoxy) is 1. The van der Waals surface area contributed by atoms with Gasteiger partial charge in [0.25, 0.3) is 0 Å². The molecule has 0 fully saturated rings. The lowest BCUT2D eigenvalue weighted by Gasteiger charge is -2.06. The summed E-state index contributed by atoms with van der Waals surface area (Å²) in [5, 5.41) is 4.08. The van der Waals surface area contributed by atoms with Crippen LogP contribution in [-0.4, -0.2) is 18.3 Å². The average Bonchev–Trinajstić information content (AvgIpc) is 2.90. The van der Waals surface area contributed by atoms with Gasteiger partial charge in [-0.15, -0.1) is 0 Å². The van der Waals surface area contributed by atoms with Gasteiger partial charge in [0.1, 0.15) is 5.71 Å². The predicted molar refractivity (Wildman–Crippen MR) is 88.0 cm³/mol. The summed E-state index contributed by atoms with van der Waals surface area (Å²) in [7, 11) is 0. The molecule has 0 saturated carbocycles. The topological polar surface area (TPSA) is 50.7 Å². The van der Waals surface area contributed by atoms with Crippen LogP contribution in [0.3, 0.4) is 0 Å². The molecule has 1 aliphatic rings. The van der Waals surface area contributed by atoms with Crippen LogP contribution >= 0.6 is 0 Å². The summed E-state index contributed by atoms with van der Waals surface area (Å²) in [6.07, 6.45) is 0.932. The van der Waals surface area contributed by atoms with E-state index in [9.17, 15) is 4.79 Å². The highest BCUT2D eigenvalue weighted by atomic mass is 16.5. The van der Waals surface area contributed by atoms with E-state index in [0.29, 0.717) is 12.3 Å². The number of nitrogens with zero attached hydrogens (tertiary/aromatic N) is 1. The SMILES string of the molecule is CCOC(=O)C(C)=NNc1ccc2c(c1)Cc1ccccc1-2. The summed E-state index contributed by atoms with van der Waals surface area (Å²) in [5.74, 6) is -0.399. The Morgan fingerprint density at radius 1 is 1.18 bits per heavy atom. The minimum atomic E-state index is -0.399. The van der Waals surface area contributed by atoms with Gasteiger partial charge in [-0.25, -0.2) is 4.79 Å². The van der Waals surface area contributed by atoms with Crippen molar-refractivity contribution in [1.82, 2.24) is 0 Å². The summed E-state index contributed by atoms with van der Waals surface area (Å²) >= 11 is 0. The molecule has 1 N–H and O–H groups in total. The summed E-state index contributed by atoms with van der Waals surface area (Å²) in [6.45, 7) is 3.76. The third-order valence-corrected chi connectivity index (χ3v) is 3.72. The number of carbonyl (C=O) groups excluding carboxylic acids is 1. The number of anilines is 1. The predicted octanol–water partition coefficient (Wildman–Crippen LogP) is 3.61. The molecule has 1 aliphatic carbocycles. The highest BCUT2D eigenvalue weighted by Gasteiger charge is 2.17. The van der Waals surface area contributed by atoms with Crippen molar-refractivity contribution in [3.05, 3.63) is 53.6 Å². The lowest BCUT2D eigenvalue weighted by atomic mass is 10.1. The number of rotatable bonds is 4. The molecule has 0 bridgehead atoms. The van der Waals surface area contributed by atoms with E-state index in [1.54, 1.807) is 13.8 Å². The highest BCUT2D eigenvalue weighted by molar-refractivity contribution is 6.35. The van der Waals surface area contributed by atoms with Crippen LogP contribution in [0.4, 0.5) is 5.69 Å². The molecule has 0 heterocycles. The number of esters is 1. The van der Waals surface area contributed by atoms with Gasteiger partial charge in [-0.1, -0.05) is 30.3 Å². The monoisotopic (exact) mass is 294 g/mol. The Kier molecular flexibility index (Phi) is 3.92. The molecule has 3 rings (SSSR count). The maximum atomic E-state index is 11.5. The van der Waals surface area contributed by atoms with Gasteiger partial charge in [0.15, 0.2) is 0 Å². The molecular weight excluding hydrogens is 276 g/mol. The second-order valence-corrected chi connectivity index (χ2v) is 5.24. The summed E-state index contributed by atoms with van der Waals surface area (Å²) in [5.41, 5.74) is 9.30. The van der Waals surface area contributed by atoms with Crippen molar-refractivity contribution in [2.24, 2.45) is 5.10 Å². The number of nitrogens with one attached hydrogen (secondary N) is 1. The molecule has 0 spiro atoms. The first kappa shape index (κ1) is 14.3. The molecule has 0 saturated heterocycles. The molecule has 112 valence electrons. The first-order valence-electron chi connectivity index (χ1n) is 7.37. The van der Waals surface area contributed by atoms with Crippen LogP contribution in [0.5, 0.6) is 0 Å². The van der Waals surface area contributed by atoms with Crippen molar-refractivity contribution >= 4 is 17.4 Å². The zero-order valence-corrected chi connectivity index (χ0v) is 12.7. The number of hydrogen-bond acceptors (Lipinski definition) is 4. The van der Waals surface area contributed by atoms with Crippen LogP contribution in [0.15, 0.2) is 47.6 Å². The standard InChI is InChI=1S/C18H18N2O2/c1-3-22-18(21)12(2)19-20-15-8-9-17-14(11-15)10-13-6-4-5-7-16(13)17/h4-9,11,20H,3,10H2,1-2H3. The molecule has 22 heavy (non-hydrogen) atoms. The lowest BCUT2D eigenvalue weighted by Crippen LogP contribution is -2.15. The van der Waals surface area contributed by atoms with Crippen molar-refractivity contribution in [1.29, 1.82) is 0 Å². The van der Waals surface area contributed by atoms with E-state index in [0.717, 1.165) is 12.1 Å². The van der Waals surface area contributed by atoms with Crippen LogP contribution in [0.2, 0.25) is 0 Å². The molecule has 2 aromatic carbocycles. The Hall–Kier alpha value is -2.62. The third-order valence-electron chi connectivity index (χ3n) is 3.72. The van der Waals surface area contributed by atoms with E-state index in [4.69, 9.17) is 4.74 Å². The van der Waals surface area contributed by atoms with Gasteiger partial charge in [0.05, 0.1) is 12.3 Å². The maximum absolute atomic E-state index is 11.5. The van der Waals surface area contributed by atoms with E-state index in [1.165, 1.54) is 22.3 Å². The fourth-order valence-electron chi connectivity index (χ4n) is 2.64. The Morgan fingerprint density at radius 2 is 1.95 bits per heavy atom. The number of hydrazone groups is 1. The van der Waals surface area contributed by atoms with Crippen molar-refractivity contribution in [2.75, 3.05) is 12.0 Å². The third kappa shape index (κ3) is 2.72. The van der Waals surface area contributed by atoms with E-state index in [2.05, 4.69) is 46.9 Å². The first-order valence-corrected chi connectivity index (χ1v) is 7.37. The molecular formula is C18H18N2O2. The van der Waals surface area contributed by atoms with Crippen LogP contribution < -0.4 is 5.43 Å². The first-order chi connectivity index (χ1) is 10.7. The van der Waals surface area contributed by atoms with Gasteiger partial charge in [0, 0.05) is 0 Å². The van der Waals surface area contributed by atoms with E-state index in [-0.39, 0.29) is 0 Å². The smallest absolute Gasteiger partial charge is 0.354 e. The fourth-order valence-corrected chi connectivity index (χ4v) is 2.64. The average molecular weight is 294 g/mol. The van der Waals surface area contributed by atoms with Gasteiger partial charge in [0.2, 0.25) is 0 Å². The molecule has 0 radical (unpaired) electrons. The summed E-state index contributed by atoms with van der Waals surface area (Å²) < 4.78 is 4.90. The number of fused-ring (bicyclic) bond motifs is 3. The van der Waals surface area contributed by atoms with E-state index < -0.39 is 5.97 Å². The lowest BCUT2D eigenvalue weighted by molar-refractivity contribution is -0.135. The molecule has 2 aromatic rings. The fraction of sp³-hybridized carbons (Fsp3) is 0.222. The van der Waals surface area contributed by atoms with Gasteiger partial charge in [-0.3, -0.25) is 5.43 Å². The maximum Gasteiger partial charge on any atom is 0.354 e. The summed E-state index contributed by atoms with van der Waals surface area (Å²) in [6, 6.07) is 14.6.